The average molecular weight is 294 g/mol. The summed E-state index contributed by atoms with van der Waals surface area (Å²) in [5, 5.41) is 4.16. The highest BCUT2D eigenvalue weighted by molar-refractivity contribution is 6.30. The third kappa shape index (κ3) is 2.95. The van der Waals surface area contributed by atoms with Gasteiger partial charge < -0.3 is 10.2 Å². The van der Waals surface area contributed by atoms with Gasteiger partial charge in [-0.2, -0.15) is 0 Å². The van der Waals surface area contributed by atoms with Gasteiger partial charge in [0.25, 0.3) is 0 Å². The molecule has 1 aliphatic heterocycles. The first kappa shape index (κ1) is 14.2. The SMILES string of the molecule is CNCC1CCC1N1CCN(c2cccc(Cl)c2)CC1. The molecule has 4 heteroatoms. The van der Waals surface area contributed by atoms with Crippen molar-refractivity contribution in [2.75, 3.05) is 44.7 Å². The summed E-state index contributed by atoms with van der Waals surface area (Å²) in [6.07, 6.45) is 2.77. The zero-order valence-electron chi connectivity index (χ0n) is 12.2. The van der Waals surface area contributed by atoms with E-state index in [1.54, 1.807) is 0 Å². The fourth-order valence-electron chi connectivity index (χ4n) is 3.52. The van der Waals surface area contributed by atoms with Crippen LogP contribution in [0.4, 0.5) is 5.69 Å². The zero-order valence-corrected chi connectivity index (χ0v) is 12.9. The molecule has 3 nitrogen and oxygen atoms in total. The Balaban J connectivity index is 1.54. The summed E-state index contributed by atoms with van der Waals surface area (Å²) in [5.41, 5.74) is 1.26. The number of nitrogens with zero attached hydrogens (tertiary/aromatic N) is 2. The standard InChI is InChI=1S/C16H24ClN3/c1-18-12-13-5-6-16(13)20-9-7-19(8-10-20)15-4-2-3-14(17)11-15/h2-4,11,13,16,18H,5-10,12H2,1H3. The minimum absolute atomic E-state index is 0.809. The van der Waals surface area contributed by atoms with Crippen LogP contribution >= 0.6 is 11.6 Å². The molecule has 1 heterocycles. The molecule has 0 bridgehead atoms. The van der Waals surface area contributed by atoms with Crippen molar-refractivity contribution in [2.45, 2.75) is 18.9 Å². The van der Waals surface area contributed by atoms with Crippen LogP contribution in [-0.4, -0.2) is 50.7 Å². The number of nitrogens with one attached hydrogen (secondary N) is 1. The van der Waals surface area contributed by atoms with Gasteiger partial charge in [-0.25, -0.2) is 0 Å². The van der Waals surface area contributed by atoms with Gasteiger partial charge in [-0.1, -0.05) is 17.7 Å². The molecule has 1 saturated carbocycles. The van der Waals surface area contributed by atoms with Crippen molar-refractivity contribution in [3.63, 3.8) is 0 Å². The maximum absolute atomic E-state index is 6.08. The van der Waals surface area contributed by atoms with Gasteiger partial charge in [-0.05, 0) is 50.6 Å². The molecule has 1 saturated heterocycles. The predicted molar refractivity (Wildman–Crippen MR) is 85.7 cm³/mol. The first-order chi connectivity index (χ1) is 9.78. The average Bonchev–Trinajstić information content (AvgIpc) is 2.44. The molecule has 3 rings (SSSR count). The van der Waals surface area contributed by atoms with E-state index in [1.807, 2.05) is 12.1 Å². The highest BCUT2D eigenvalue weighted by Gasteiger charge is 2.36. The molecule has 1 aromatic rings. The fraction of sp³-hybridized carbons (Fsp3) is 0.625. The third-order valence-corrected chi connectivity index (χ3v) is 5.04. The van der Waals surface area contributed by atoms with Gasteiger partial charge in [0.05, 0.1) is 0 Å². The summed E-state index contributed by atoms with van der Waals surface area (Å²) in [6.45, 7) is 5.75. The van der Waals surface area contributed by atoms with E-state index in [0.29, 0.717) is 0 Å². The van der Waals surface area contributed by atoms with Gasteiger partial charge in [-0.15, -0.1) is 0 Å². The first-order valence-electron chi connectivity index (χ1n) is 7.67. The highest BCUT2D eigenvalue weighted by Crippen LogP contribution is 2.32. The number of anilines is 1. The van der Waals surface area contributed by atoms with Crippen molar-refractivity contribution < 1.29 is 0 Å². The normalized spacial score (nSPS) is 27.4. The van der Waals surface area contributed by atoms with E-state index in [1.165, 1.54) is 38.2 Å². The van der Waals surface area contributed by atoms with Gasteiger partial charge in [0.1, 0.15) is 0 Å². The van der Waals surface area contributed by atoms with Crippen molar-refractivity contribution in [3.05, 3.63) is 29.3 Å². The smallest absolute Gasteiger partial charge is 0.0426 e. The number of piperazine rings is 1. The molecule has 1 N–H and O–H groups in total. The van der Waals surface area contributed by atoms with Crippen LogP contribution in [0.2, 0.25) is 5.02 Å². The molecule has 2 fully saturated rings. The maximum atomic E-state index is 6.08. The Morgan fingerprint density at radius 1 is 1.20 bits per heavy atom. The van der Waals surface area contributed by atoms with Crippen LogP contribution < -0.4 is 10.2 Å². The van der Waals surface area contributed by atoms with Crippen LogP contribution in [0, 0.1) is 5.92 Å². The van der Waals surface area contributed by atoms with E-state index in [-0.39, 0.29) is 0 Å². The van der Waals surface area contributed by atoms with Crippen LogP contribution in [0.3, 0.4) is 0 Å². The van der Waals surface area contributed by atoms with E-state index in [4.69, 9.17) is 11.6 Å². The van der Waals surface area contributed by atoms with Gasteiger partial charge in [0.2, 0.25) is 0 Å². The summed E-state index contributed by atoms with van der Waals surface area (Å²) in [5.74, 6) is 0.859. The number of benzene rings is 1. The molecule has 0 radical (unpaired) electrons. The first-order valence-corrected chi connectivity index (χ1v) is 8.05. The Hall–Kier alpha value is -0.770. The van der Waals surface area contributed by atoms with Crippen LogP contribution in [-0.2, 0) is 0 Å². The number of rotatable bonds is 4. The Morgan fingerprint density at radius 3 is 2.60 bits per heavy atom. The number of hydrogen-bond donors (Lipinski definition) is 1. The Morgan fingerprint density at radius 2 is 2.00 bits per heavy atom. The molecule has 0 amide bonds. The Bertz CT molecular complexity index is 443. The molecule has 2 unspecified atom stereocenters. The molecule has 0 spiro atoms. The molecular formula is C16H24ClN3. The second-order valence-electron chi connectivity index (χ2n) is 5.97. The summed E-state index contributed by atoms with van der Waals surface area (Å²) < 4.78 is 0. The molecule has 2 aliphatic rings. The van der Waals surface area contributed by atoms with Crippen molar-refractivity contribution >= 4 is 17.3 Å². The monoisotopic (exact) mass is 293 g/mol. The predicted octanol–water partition coefficient (Wildman–Crippen LogP) is 2.46. The minimum atomic E-state index is 0.809. The van der Waals surface area contributed by atoms with E-state index in [0.717, 1.165) is 30.1 Å². The summed E-state index contributed by atoms with van der Waals surface area (Å²) >= 11 is 6.08. The fourth-order valence-corrected chi connectivity index (χ4v) is 3.70. The minimum Gasteiger partial charge on any atom is -0.369 e. The summed E-state index contributed by atoms with van der Waals surface area (Å²) in [7, 11) is 2.06. The second-order valence-corrected chi connectivity index (χ2v) is 6.40. The lowest BCUT2D eigenvalue weighted by molar-refractivity contribution is 0.0583. The maximum Gasteiger partial charge on any atom is 0.0426 e. The van der Waals surface area contributed by atoms with Crippen LogP contribution in [0.1, 0.15) is 12.8 Å². The topological polar surface area (TPSA) is 18.5 Å². The van der Waals surface area contributed by atoms with Crippen molar-refractivity contribution in [2.24, 2.45) is 5.92 Å². The summed E-state index contributed by atoms with van der Waals surface area (Å²) in [6, 6.07) is 9.03. The third-order valence-electron chi connectivity index (χ3n) is 4.80. The molecule has 20 heavy (non-hydrogen) atoms. The molecule has 2 atom stereocenters. The molecule has 110 valence electrons. The van der Waals surface area contributed by atoms with Crippen LogP contribution in [0.15, 0.2) is 24.3 Å². The van der Waals surface area contributed by atoms with Gasteiger partial charge in [-0.3, -0.25) is 4.90 Å². The number of halogens is 1. The lowest BCUT2D eigenvalue weighted by Crippen LogP contribution is -2.57. The van der Waals surface area contributed by atoms with Gasteiger partial charge in [0.15, 0.2) is 0 Å². The highest BCUT2D eigenvalue weighted by atomic mass is 35.5. The summed E-state index contributed by atoms with van der Waals surface area (Å²) in [4.78, 5) is 5.14. The van der Waals surface area contributed by atoms with Gasteiger partial charge in [0, 0.05) is 42.9 Å². The molecule has 1 aliphatic carbocycles. The Labute approximate surface area is 126 Å². The largest absolute Gasteiger partial charge is 0.369 e. The van der Waals surface area contributed by atoms with Crippen LogP contribution in [0.5, 0.6) is 0 Å². The molecular weight excluding hydrogens is 270 g/mol. The van der Waals surface area contributed by atoms with Crippen molar-refractivity contribution in [3.8, 4) is 0 Å². The second kappa shape index (κ2) is 6.33. The lowest BCUT2D eigenvalue weighted by atomic mass is 9.78. The van der Waals surface area contributed by atoms with E-state index >= 15 is 0 Å². The molecule has 1 aromatic carbocycles. The molecule has 0 aromatic heterocycles. The van der Waals surface area contributed by atoms with E-state index < -0.39 is 0 Å². The van der Waals surface area contributed by atoms with Crippen molar-refractivity contribution in [1.82, 2.24) is 10.2 Å². The lowest BCUT2D eigenvalue weighted by Gasteiger charge is -2.48. The van der Waals surface area contributed by atoms with Gasteiger partial charge >= 0.3 is 0 Å². The quantitative estimate of drug-likeness (QED) is 0.920. The van der Waals surface area contributed by atoms with Crippen LogP contribution in [0.25, 0.3) is 0 Å². The zero-order chi connectivity index (χ0) is 13.9. The van der Waals surface area contributed by atoms with E-state index in [2.05, 4.69) is 34.3 Å². The Kier molecular flexibility index (Phi) is 4.49. The van der Waals surface area contributed by atoms with E-state index in [9.17, 15) is 0 Å². The number of hydrogen-bond acceptors (Lipinski definition) is 3. The van der Waals surface area contributed by atoms with Crippen molar-refractivity contribution in [1.29, 1.82) is 0 Å².